The van der Waals surface area contributed by atoms with E-state index in [4.69, 9.17) is 5.11 Å². The minimum absolute atomic E-state index is 0.0741. The predicted molar refractivity (Wildman–Crippen MR) is 69.5 cm³/mol. The van der Waals surface area contributed by atoms with Crippen molar-refractivity contribution in [1.82, 2.24) is 9.80 Å². The van der Waals surface area contributed by atoms with Gasteiger partial charge in [-0.15, -0.1) is 0 Å². The molecule has 0 aromatic heterocycles. The Labute approximate surface area is 109 Å². The van der Waals surface area contributed by atoms with Gasteiger partial charge in [0.2, 0.25) is 0 Å². The third kappa shape index (κ3) is 3.89. The molecule has 1 saturated carbocycles. The van der Waals surface area contributed by atoms with Crippen molar-refractivity contribution in [2.24, 2.45) is 5.92 Å². The molecule has 0 aliphatic heterocycles. The Hall–Kier alpha value is -1.26. The molecular formula is C13H24N2O3. The van der Waals surface area contributed by atoms with Gasteiger partial charge in [-0.25, -0.2) is 4.79 Å². The van der Waals surface area contributed by atoms with Crippen LogP contribution in [0, 0.1) is 5.92 Å². The fourth-order valence-corrected chi connectivity index (χ4v) is 2.46. The number of hydrogen-bond donors (Lipinski definition) is 1. The lowest BCUT2D eigenvalue weighted by Crippen LogP contribution is -2.46. The molecule has 5 heteroatoms. The van der Waals surface area contributed by atoms with Gasteiger partial charge in [0.25, 0.3) is 0 Å². The summed E-state index contributed by atoms with van der Waals surface area (Å²) in [5, 5.41) is 8.85. The predicted octanol–water partition coefficient (Wildman–Crippen LogP) is 2.02. The number of amides is 2. The molecular weight excluding hydrogens is 232 g/mol. The summed E-state index contributed by atoms with van der Waals surface area (Å²) in [5.41, 5.74) is 0. The Kier molecular flexibility index (Phi) is 5.44. The molecule has 0 aromatic carbocycles. The van der Waals surface area contributed by atoms with Crippen LogP contribution in [-0.2, 0) is 4.79 Å². The van der Waals surface area contributed by atoms with E-state index in [-0.39, 0.29) is 12.6 Å². The normalized spacial score (nSPS) is 18.2. The Bertz CT molecular complexity index is 301. The zero-order valence-electron chi connectivity index (χ0n) is 11.6. The van der Waals surface area contributed by atoms with E-state index in [1.54, 1.807) is 18.9 Å². The van der Waals surface area contributed by atoms with Crippen LogP contribution in [0.2, 0.25) is 0 Å². The summed E-state index contributed by atoms with van der Waals surface area (Å²) in [6, 6.07) is 0.240. The Morgan fingerprint density at radius 3 is 2.28 bits per heavy atom. The van der Waals surface area contributed by atoms with Crippen LogP contribution >= 0.6 is 0 Å². The van der Waals surface area contributed by atoms with Gasteiger partial charge in [-0.1, -0.05) is 26.2 Å². The standard InChI is InChI=1S/C13H24N2O3/c1-10(12(16)17)9-14(2)13(18)15(3)11-7-5-4-6-8-11/h10-11H,4-9H2,1-3H3,(H,16,17). The van der Waals surface area contributed by atoms with Crippen LogP contribution < -0.4 is 0 Å². The van der Waals surface area contributed by atoms with Crippen molar-refractivity contribution >= 4 is 12.0 Å². The summed E-state index contributed by atoms with van der Waals surface area (Å²) >= 11 is 0. The molecule has 1 aliphatic carbocycles. The fraction of sp³-hybridized carbons (Fsp3) is 0.846. The molecule has 0 bridgehead atoms. The molecule has 5 nitrogen and oxygen atoms in total. The lowest BCUT2D eigenvalue weighted by atomic mass is 9.95. The van der Waals surface area contributed by atoms with E-state index in [9.17, 15) is 9.59 Å². The molecule has 104 valence electrons. The first-order valence-electron chi connectivity index (χ1n) is 6.64. The summed E-state index contributed by atoms with van der Waals surface area (Å²) in [4.78, 5) is 26.2. The highest BCUT2D eigenvalue weighted by Gasteiger charge is 2.25. The van der Waals surface area contributed by atoms with Gasteiger partial charge < -0.3 is 14.9 Å². The average Bonchev–Trinajstić information content (AvgIpc) is 2.37. The second-order valence-corrected chi connectivity index (χ2v) is 5.31. The summed E-state index contributed by atoms with van der Waals surface area (Å²) in [6.45, 7) is 1.87. The number of hydrogen-bond acceptors (Lipinski definition) is 2. The molecule has 18 heavy (non-hydrogen) atoms. The molecule has 1 aliphatic rings. The SMILES string of the molecule is CC(CN(C)C(=O)N(C)C1CCCCC1)C(=O)O. The van der Waals surface area contributed by atoms with Crippen molar-refractivity contribution in [3.63, 3.8) is 0 Å². The van der Waals surface area contributed by atoms with Gasteiger partial charge in [0.1, 0.15) is 0 Å². The lowest BCUT2D eigenvalue weighted by molar-refractivity contribution is -0.141. The second kappa shape index (κ2) is 6.61. The number of aliphatic carboxylic acids is 1. The van der Waals surface area contributed by atoms with Crippen LogP contribution in [0.5, 0.6) is 0 Å². The molecule has 0 saturated heterocycles. The monoisotopic (exact) mass is 256 g/mol. The molecule has 1 fully saturated rings. The molecule has 0 spiro atoms. The van der Waals surface area contributed by atoms with E-state index in [2.05, 4.69) is 0 Å². The van der Waals surface area contributed by atoms with E-state index < -0.39 is 11.9 Å². The average molecular weight is 256 g/mol. The van der Waals surface area contributed by atoms with Gasteiger partial charge in [-0.2, -0.15) is 0 Å². The number of rotatable bonds is 4. The van der Waals surface area contributed by atoms with Crippen molar-refractivity contribution in [3.05, 3.63) is 0 Å². The molecule has 2 amide bonds. The van der Waals surface area contributed by atoms with Crippen molar-refractivity contribution in [2.45, 2.75) is 45.1 Å². The van der Waals surface area contributed by atoms with E-state index in [0.29, 0.717) is 6.04 Å². The van der Waals surface area contributed by atoms with E-state index >= 15 is 0 Å². The van der Waals surface area contributed by atoms with Crippen LogP contribution in [-0.4, -0.2) is 53.6 Å². The van der Waals surface area contributed by atoms with Crippen LogP contribution in [0.25, 0.3) is 0 Å². The summed E-state index contributed by atoms with van der Waals surface area (Å²) in [6.07, 6.45) is 5.73. The zero-order chi connectivity index (χ0) is 13.7. The van der Waals surface area contributed by atoms with Gasteiger partial charge in [0.15, 0.2) is 0 Å². The third-order valence-electron chi connectivity index (χ3n) is 3.72. The quantitative estimate of drug-likeness (QED) is 0.837. The minimum Gasteiger partial charge on any atom is -0.481 e. The van der Waals surface area contributed by atoms with Crippen LogP contribution in [0.4, 0.5) is 4.79 Å². The largest absolute Gasteiger partial charge is 0.481 e. The molecule has 1 N–H and O–H groups in total. The summed E-state index contributed by atoms with van der Waals surface area (Å²) in [7, 11) is 3.49. The van der Waals surface area contributed by atoms with Crippen molar-refractivity contribution in [2.75, 3.05) is 20.6 Å². The van der Waals surface area contributed by atoms with Gasteiger partial charge in [0.05, 0.1) is 5.92 Å². The van der Waals surface area contributed by atoms with E-state index in [1.807, 2.05) is 7.05 Å². The van der Waals surface area contributed by atoms with Crippen molar-refractivity contribution in [3.8, 4) is 0 Å². The maximum atomic E-state index is 12.2. The third-order valence-corrected chi connectivity index (χ3v) is 3.72. The van der Waals surface area contributed by atoms with Crippen LogP contribution in [0.15, 0.2) is 0 Å². The highest BCUT2D eigenvalue weighted by molar-refractivity contribution is 5.76. The minimum atomic E-state index is -0.866. The van der Waals surface area contributed by atoms with Crippen LogP contribution in [0.1, 0.15) is 39.0 Å². The molecule has 0 heterocycles. The van der Waals surface area contributed by atoms with Crippen molar-refractivity contribution in [1.29, 1.82) is 0 Å². The van der Waals surface area contributed by atoms with Crippen molar-refractivity contribution < 1.29 is 14.7 Å². The second-order valence-electron chi connectivity index (χ2n) is 5.31. The Balaban J connectivity index is 2.48. The van der Waals surface area contributed by atoms with Gasteiger partial charge >= 0.3 is 12.0 Å². The molecule has 1 rings (SSSR count). The molecule has 0 aromatic rings. The Morgan fingerprint density at radius 2 is 1.78 bits per heavy atom. The maximum absolute atomic E-state index is 12.2. The molecule has 0 radical (unpaired) electrons. The number of carboxylic acids is 1. The maximum Gasteiger partial charge on any atom is 0.319 e. The smallest absolute Gasteiger partial charge is 0.319 e. The highest BCUT2D eigenvalue weighted by Crippen LogP contribution is 2.22. The highest BCUT2D eigenvalue weighted by atomic mass is 16.4. The molecule has 1 atom stereocenters. The zero-order valence-corrected chi connectivity index (χ0v) is 11.6. The Morgan fingerprint density at radius 1 is 1.22 bits per heavy atom. The summed E-state index contributed by atoms with van der Waals surface area (Å²) < 4.78 is 0. The van der Waals surface area contributed by atoms with Gasteiger partial charge in [0, 0.05) is 26.7 Å². The number of urea groups is 1. The number of carboxylic acid groups (broad SMARTS) is 1. The molecule has 1 unspecified atom stereocenters. The number of carbonyl (C=O) groups excluding carboxylic acids is 1. The van der Waals surface area contributed by atoms with Gasteiger partial charge in [-0.05, 0) is 12.8 Å². The topological polar surface area (TPSA) is 60.9 Å². The van der Waals surface area contributed by atoms with E-state index in [1.165, 1.54) is 24.2 Å². The first-order chi connectivity index (χ1) is 8.43. The number of carbonyl (C=O) groups is 2. The summed E-state index contributed by atoms with van der Waals surface area (Å²) in [5.74, 6) is -1.39. The number of nitrogens with zero attached hydrogens (tertiary/aromatic N) is 2. The first-order valence-corrected chi connectivity index (χ1v) is 6.64. The van der Waals surface area contributed by atoms with E-state index in [0.717, 1.165) is 12.8 Å². The first kappa shape index (κ1) is 14.8. The lowest BCUT2D eigenvalue weighted by Gasteiger charge is -2.34. The van der Waals surface area contributed by atoms with Crippen LogP contribution in [0.3, 0.4) is 0 Å². The fourth-order valence-electron chi connectivity index (χ4n) is 2.46. The van der Waals surface area contributed by atoms with Gasteiger partial charge in [-0.3, -0.25) is 4.79 Å².